The maximum Gasteiger partial charge on any atom is 0.472 e. The number of hydrogen-bond acceptors (Lipinski definition) is 15. The predicted octanol–water partition coefficient (Wildman–Crippen LogP) is 20.1. The molecule has 0 spiro atoms. The van der Waals surface area contributed by atoms with Crippen molar-refractivity contribution in [1.29, 1.82) is 0 Å². The highest BCUT2D eigenvalue weighted by molar-refractivity contribution is 7.47. The largest absolute Gasteiger partial charge is 0.472 e. The Hall–Kier alpha value is -1.94. The minimum atomic E-state index is -4.95. The van der Waals surface area contributed by atoms with E-state index in [0.717, 1.165) is 114 Å². The van der Waals surface area contributed by atoms with Crippen molar-refractivity contribution in [2.24, 2.45) is 23.7 Å². The van der Waals surface area contributed by atoms with Crippen molar-refractivity contribution in [1.82, 2.24) is 0 Å². The van der Waals surface area contributed by atoms with Crippen molar-refractivity contribution in [2.75, 3.05) is 39.6 Å². The van der Waals surface area contributed by atoms with Gasteiger partial charge in [-0.15, -0.1) is 0 Å². The molecule has 0 aliphatic carbocycles. The first kappa shape index (κ1) is 88.1. The minimum Gasteiger partial charge on any atom is -0.462 e. The summed E-state index contributed by atoms with van der Waals surface area (Å²) in [5.41, 5.74) is 0. The van der Waals surface area contributed by atoms with Gasteiger partial charge in [0.15, 0.2) is 12.2 Å². The van der Waals surface area contributed by atoms with Crippen molar-refractivity contribution in [2.45, 2.75) is 369 Å². The van der Waals surface area contributed by atoms with Crippen LogP contribution in [0.1, 0.15) is 351 Å². The Kier molecular flexibility index (Phi) is 59.4. The Balaban J connectivity index is 5.23. The summed E-state index contributed by atoms with van der Waals surface area (Å²) in [7, 11) is -9.90. The summed E-state index contributed by atoms with van der Waals surface area (Å²) in [5.74, 6) is 0.886. The Bertz CT molecular complexity index is 1790. The number of aliphatic hydroxyl groups excluding tert-OH is 1. The number of aliphatic hydroxyl groups is 1. The summed E-state index contributed by atoms with van der Waals surface area (Å²) in [6.07, 6.45) is 43.1. The molecule has 0 aliphatic heterocycles. The van der Waals surface area contributed by atoms with Gasteiger partial charge in [-0.2, -0.15) is 0 Å². The van der Waals surface area contributed by atoms with E-state index in [1.807, 2.05) is 0 Å². The third kappa shape index (κ3) is 62.2. The first-order chi connectivity index (χ1) is 43.2. The molecule has 0 heterocycles. The van der Waals surface area contributed by atoms with E-state index in [0.29, 0.717) is 31.6 Å². The van der Waals surface area contributed by atoms with E-state index in [2.05, 4.69) is 55.4 Å². The van der Waals surface area contributed by atoms with Gasteiger partial charge in [0.05, 0.1) is 26.4 Å². The molecule has 3 N–H and O–H groups in total. The van der Waals surface area contributed by atoms with Crippen LogP contribution < -0.4 is 0 Å². The molecule has 90 heavy (non-hydrogen) atoms. The molecule has 17 nitrogen and oxygen atoms in total. The van der Waals surface area contributed by atoms with E-state index >= 15 is 0 Å². The van der Waals surface area contributed by atoms with Crippen molar-refractivity contribution in [3.8, 4) is 0 Å². The minimum absolute atomic E-state index is 0.103. The third-order valence-corrected chi connectivity index (χ3v) is 18.9. The number of carbonyl (C=O) groups is 4. The highest BCUT2D eigenvalue weighted by atomic mass is 31.2. The first-order valence-electron chi connectivity index (χ1n) is 36.8. The number of phosphoric acid groups is 2. The third-order valence-electron chi connectivity index (χ3n) is 17.0. The number of rotatable bonds is 68. The fourth-order valence-electron chi connectivity index (χ4n) is 10.6. The topological polar surface area (TPSA) is 237 Å². The summed E-state index contributed by atoms with van der Waals surface area (Å²) in [6, 6.07) is 0. The van der Waals surface area contributed by atoms with Gasteiger partial charge in [-0.1, -0.05) is 299 Å². The Morgan fingerprint density at radius 2 is 0.533 bits per heavy atom. The van der Waals surface area contributed by atoms with Crippen molar-refractivity contribution in [3.05, 3.63) is 0 Å². The normalized spacial score (nSPS) is 14.9. The van der Waals surface area contributed by atoms with Gasteiger partial charge in [-0.25, -0.2) is 9.13 Å². The highest BCUT2D eigenvalue weighted by Crippen LogP contribution is 2.45. The van der Waals surface area contributed by atoms with E-state index in [-0.39, 0.29) is 25.7 Å². The molecule has 0 saturated carbocycles. The molecular weight excluding hydrogens is 1190 g/mol. The van der Waals surface area contributed by atoms with Crippen molar-refractivity contribution >= 4 is 39.5 Å². The van der Waals surface area contributed by atoms with Crippen LogP contribution in [0.5, 0.6) is 0 Å². The Morgan fingerprint density at radius 1 is 0.311 bits per heavy atom. The molecule has 7 atom stereocenters. The van der Waals surface area contributed by atoms with Gasteiger partial charge in [-0.05, 0) is 49.4 Å². The summed E-state index contributed by atoms with van der Waals surface area (Å²) < 4.78 is 68.3. The van der Waals surface area contributed by atoms with E-state index in [9.17, 15) is 43.2 Å². The molecule has 0 aliphatic rings. The van der Waals surface area contributed by atoms with Crippen LogP contribution in [-0.4, -0.2) is 96.7 Å². The van der Waals surface area contributed by atoms with Gasteiger partial charge < -0.3 is 33.8 Å². The van der Waals surface area contributed by atoms with Crippen LogP contribution in [0.3, 0.4) is 0 Å². The zero-order valence-corrected chi connectivity index (χ0v) is 60.6. The zero-order chi connectivity index (χ0) is 66.8. The lowest BCUT2D eigenvalue weighted by atomic mass is 9.99. The van der Waals surface area contributed by atoms with Gasteiger partial charge in [0.25, 0.3) is 0 Å². The van der Waals surface area contributed by atoms with Crippen LogP contribution >= 0.6 is 15.6 Å². The monoisotopic (exact) mass is 1320 g/mol. The summed E-state index contributed by atoms with van der Waals surface area (Å²) in [4.78, 5) is 72.5. The molecule has 0 aromatic rings. The van der Waals surface area contributed by atoms with E-state index in [1.54, 1.807) is 0 Å². The average molecular weight is 1330 g/mol. The number of esters is 4. The zero-order valence-electron chi connectivity index (χ0n) is 58.8. The van der Waals surface area contributed by atoms with Gasteiger partial charge in [0, 0.05) is 25.7 Å². The highest BCUT2D eigenvalue weighted by Gasteiger charge is 2.30. The molecule has 534 valence electrons. The number of hydrogen-bond donors (Lipinski definition) is 3. The standard InChI is InChI=1S/C71H138O17P2/c1-9-63(7)49-41-33-24-19-21-27-37-45-53-70(75)87-66(57-81-68(73)51-43-35-26-18-16-14-12-11-13-15-17-23-31-39-47-61(3)4)59-85-89(77,78)83-55-65(72)56-84-90(79,80)86-60-67(58-82-69(74)52-44-36-30-29-32-40-48-62(5)6)88-71(76)54-46-38-28-22-20-25-34-42-50-64(8)10-2/h61-67,72H,9-60H2,1-8H3,(H,77,78)(H,79,80)/t63?,64?,65-,66-,67-/m1/s1. The van der Waals surface area contributed by atoms with Crippen molar-refractivity contribution < 1.29 is 80.2 Å². The molecule has 0 rings (SSSR count). The van der Waals surface area contributed by atoms with Gasteiger partial charge in [0.1, 0.15) is 19.3 Å². The SMILES string of the molecule is CCC(C)CCCCCCCCCCC(=O)O[C@H](COC(=O)CCCCCCCCCCCCCCCCC(C)C)COP(=O)(O)OC[C@@H](O)COP(=O)(O)OC[C@@H](COC(=O)CCCCCCCCC(C)C)OC(=O)CCCCCCCCCCC(C)CC. The first-order valence-corrected chi connectivity index (χ1v) is 39.8. The smallest absolute Gasteiger partial charge is 0.462 e. The Morgan fingerprint density at radius 3 is 0.789 bits per heavy atom. The van der Waals surface area contributed by atoms with E-state index in [4.69, 9.17) is 37.0 Å². The molecule has 4 unspecified atom stereocenters. The van der Waals surface area contributed by atoms with Crippen LogP contribution in [0.2, 0.25) is 0 Å². The molecule has 0 radical (unpaired) electrons. The number of ether oxygens (including phenoxy) is 4. The van der Waals surface area contributed by atoms with Crippen LogP contribution in [-0.2, 0) is 65.4 Å². The van der Waals surface area contributed by atoms with E-state index < -0.39 is 97.5 Å². The summed E-state index contributed by atoms with van der Waals surface area (Å²) in [5, 5.41) is 10.6. The molecule has 0 aromatic heterocycles. The van der Waals surface area contributed by atoms with Crippen LogP contribution in [0.4, 0.5) is 0 Å². The van der Waals surface area contributed by atoms with Crippen LogP contribution in [0.25, 0.3) is 0 Å². The number of carbonyl (C=O) groups excluding carboxylic acids is 4. The predicted molar refractivity (Wildman–Crippen MR) is 363 cm³/mol. The molecule has 0 amide bonds. The molecule has 0 fully saturated rings. The second kappa shape index (κ2) is 60.7. The second-order valence-corrected chi connectivity index (χ2v) is 30.0. The Labute approximate surface area is 549 Å². The average Bonchev–Trinajstić information content (AvgIpc) is 3.29. The van der Waals surface area contributed by atoms with E-state index in [1.165, 1.54) is 148 Å². The molecule has 0 saturated heterocycles. The van der Waals surface area contributed by atoms with Crippen LogP contribution in [0, 0.1) is 23.7 Å². The van der Waals surface area contributed by atoms with Gasteiger partial charge >= 0.3 is 39.5 Å². The van der Waals surface area contributed by atoms with Gasteiger partial charge in [0.2, 0.25) is 0 Å². The summed E-state index contributed by atoms with van der Waals surface area (Å²) >= 11 is 0. The lowest BCUT2D eigenvalue weighted by Gasteiger charge is -2.21. The lowest BCUT2D eigenvalue weighted by Crippen LogP contribution is -2.30. The maximum atomic E-state index is 13.0. The number of phosphoric ester groups is 2. The second-order valence-electron chi connectivity index (χ2n) is 27.1. The fourth-order valence-corrected chi connectivity index (χ4v) is 12.2. The molecule has 19 heteroatoms. The van der Waals surface area contributed by atoms with Crippen LogP contribution in [0.15, 0.2) is 0 Å². The fraction of sp³-hybridized carbons (Fsp3) is 0.944. The summed E-state index contributed by atoms with van der Waals surface area (Å²) in [6.45, 7) is 14.1. The molecule has 0 bridgehead atoms. The molecule has 0 aromatic carbocycles. The number of unbranched alkanes of at least 4 members (excludes halogenated alkanes) is 32. The van der Waals surface area contributed by atoms with Gasteiger partial charge in [-0.3, -0.25) is 37.3 Å². The maximum absolute atomic E-state index is 13.0. The quantitative estimate of drug-likeness (QED) is 0.0222. The van der Waals surface area contributed by atoms with Crippen molar-refractivity contribution in [3.63, 3.8) is 0 Å². The lowest BCUT2D eigenvalue weighted by molar-refractivity contribution is -0.161. The molecular formula is C71H138O17P2.